The van der Waals surface area contributed by atoms with E-state index in [9.17, 15) is 9.59 Å². The van der Waals surface area contributed by atoms with Gasteiger partial charge in [-0.3, -0.25) is 9.59 Å². The third-order valence-electron chi connectivity index (χ3n) is 4.15. The topological polar surface area (TPSA) is 70.0 Å². The average molecular weight is 232 g/mol. The van der Waals surface area contributed by atoms with Crippen LogP contribution in [0.4, 0.5) is 0 Å². The number of hydrogen-bond donors (Lipinski definition) is 1. The summed E-state index contributed by atoms with van der Waals surface area (Å²) in [5.74, 6) is -0.187. The second kappa shape index (κ2) is 3.43. The summed E-state index contributed by atoms with van der Waals surface area (Å²) in [6.45, 7) is 6.17. The highest BCUT2D eigenvalue weighted by Gasteiger charge is 2.53. The molecule has 2 aliphatic rings. The summed E-state index contributed by atoms with van der Waals surface area (Å²) in [5, 5.41) is 11.8. The number of hydrogen-bond acceptors (Lipinski definition) is 3. The maximum absolute atomic E-state index is 12.2. The molecule has 1 fully saturated rings. The third kappa shape index (κ3) is 1.57. The van der Waals surface area contributed by atoms with Gasteiger partial charge in [-0.25, -0.2) is 0 Å². The van der Waals surface area contributed by atoms with Crippen molar-refractivity contribution >= 4 is 11.7 Å². The fourth-order valence-corrected chi connectivity index (χ4v) is 3.12. The predicted molar refractivity (Wildman–Crippen MR) is 61.7 cm³/mol. The van der Waals surface area contributed by atoms with Gasteiger partial charge in [0.25, 0.3) is 0 Å². The molecular formula is C13H16N2O2. The number of fused-ring (bicyclic) bond motifs is 1. The van der Waals surface area contributed by atoms with E-state index >= 15 is 0 Å². The summed E-state index contributed by atoms with van der Waals surface area (Å²) in [6.07, 6.45) is 2.09. The molecule has 1 saturated heterocycles. The van der Waals surface area contributed by atoms with Crippen LogP contribution in [0.3, 0.4) is 0 Å². The monoisotopic (exact) mass is 232 g/mol. The zero-order valence-corrected chi connectivity index (χ0v) is 10.3. The number of ketones is 1. The third-order valence-corrected chi connectivity index (χ3v) is 4.15. The Labute approximate surface area is 101 Å². The number of carbonyl (C=O) groups is 2. The molecule has 4 nitrogen and oxygen atoms in total. The molecule has 1 N–H and O–H groups in total. The van der Waals surface area contributed by atoms with Crippen molar-refractivity contribution < 1.29 is 9.59 Å². The first-order valence-corrected chi connectivity index (χ1v) is 5.76. The second-order valence-corrected chi connectivity index (χ2v) is 5.76. The summed E-state index contributed by atoms with van der Waals surface area (Å²) < 4.78 is 0. The van der Waals surface area contributed by atoms with E-state index in [1.807, 2.05) is 26.8 Å². The van der Waals surface area contributed by atoms with Crippen LogP contribution in [0.1, 0.15) is 27.2 Å². The Morgan fingerprint density at radius 2 is 2.06 bits per heavy atom. The quantitative estimate of drug-likeness (QED) is 0.682. The molecule has 1 aliphatic heterocycles. The summed E-state index contributed by atoms with van der Waals surface area (Å²) in [7, 11) is 0. The largest absolute Gasteiger partial charge is 0.355 e. The molecule has 1 heterocycles. The molecular weight excluding hydrogens is 216 g/mol. The maximum Gasteiger partial charge on any atom is 0.220 e. The molecule has 0 radical (unpaired) electrons. The highest BCUT2D eigenvalue weighted by atomic mass is 16.2. The molecule has 4 heteroatoms. The minimum atomic E-state index is -0.647. The van der Waals surface area contributed by atoms with E-state index in [1.54, 1.807) is 6.08 Å². The van der Waals surface area contributed by atoms with Crippen molar-refractivity contribution in [2.75, 3.05) is 6.54 Å². The first kappa shape index (κ1) is 11.8. The normalized spacial score (nSPS) is 35.4. The van der Waals surface area contributed by atoms with Crippen molar-refractivity contribution in [1.82, 2.24) is 5.32 Å². The Bertz CT molecular complexity index is 470. The lowest BCUT2D eigenvalue weighted by Crippen LogP contribution is -2.56. The number of piperidine rings is 1. The van der Waals surface area contributed by atoms with Gasteiger partial charge in [-0.15, -0.1) is 0 Å². The van der Waals surface area contributed by atoms with Gasteiger partial charge in [0, 0.05) is 23.8 Å². The van der Waals surface area contributed by atoms with E-state index < -0.39 is 5.41 Å². The number of nitriles is 1. The van der Waals surface area contributed by atoms with Crippen LogP contribution >= 0.6 is 0 Å². The van der Waals surface area contributed by atoms with E-state index in [4.69, 9.17) is 5.26 Å². The first-order valence-electron chi connectivity index (χ1n) is 5.76. The van der Waals surface area contributed by atoms with Gasteiger partial charge in [0.15, 0.2) is 5.78 Å². The summed E-state index contributed by atoms with van der Waals surface area (Å²) in [4.78, 5) is 23.7. The van der Waals surface area contributed by atoms with E-state index in [0.29, 0.717) is 13.0 Å². The van der Waals surface area contributed by atoms with Gasteiger partial charge in [-0.2, -0.15) is 5.26 Å². The average Bonchev–Trinajstić information content (AvgIpc) is 2.27. The number of nitrogens with one attached hydrogen (secondary N) is 1. The van der Waals surface area contributed by atoms with E-state index in [-0.39, 0.29) is 28.6 Å². The summed E-state index contributed by atoms with van der Waals surface area (Å²) in [5.41, 5.74) is -0.715. The van der Waals surface area contributed by atoms with Crippen molar-refractivity contribution in [2.24, 2.45) is 16.7 Å². The van der Waals surface area contributed by atoms with Gasteiger partial charge >= 0.3 is 0 Å². The zero-order valence-electron chi connectivity index (χ0n) is 10.3. The Morgan fingerprint density at radius 3 is 2.65 bits per heavy atom. The van der Waals surface area contributed by atoms with Gasteiger partial charge in [-0.05, 0) is 5.92 Å². The van der Waals surface area contributed by atoms with Crippen LogP contribution in [-0.4, -0.2) is 18.2 Å². The molecule has 0 aromatic heterocycles. The molecule has 0 aromatic carbocycles. The lowest BCUT2D eigenvalue weighted by Gasteiger charge is -2.49. The Balaban J connectivity index is 2.55. The molecule has 2 atom stereocenters. The van der Waals surface area contributed by atoms with Gasteiger partial charge in [0.05, 0.1) is 5.57 Å². The van der Waals surface area contributed by atoms with Gasteiger partial charge < -0.3 is 5.32 Å². The fraction of sp³-hybridized carbons (Fsp3) is 0.615. The number of carbonyl (C=O) groups excluding carboxylic acids is 2. The van der Waals surface area contributed by atoms with Crippen molar-refractivity contribution in [3.8, 4) is 6.07 Å². The number of Topliss-reactive ketones (excluding diaryl/α,β-unsaturated/α-hetero) is 1. The Morgan fingerprint density at radius 1 is 1.41 bits per heavy atom. The van der Waals surface area contributed by atoms with Crippen LogP contribution in [-0.2, 0) is 9.59 Å². The Kier molecular flexibility index (Phi) is 2.39. The fourth-order valence-electron chi connectivity index (χ4n) is 3.12. The minimum absolute atomic E-state index is 0.0119. The van der Waals surface area contributed by atoms with Crippen molar-refractivity contribution in [3.63, 3.8) is 0 Å². The highest BCUT2D eigenvalue weighted by Crippen LogP contribution is 2.50. The van der Waals surface area contributed by atoms with E-state index in [0.717, 1.165) is 0 Å². The zero-order chi connectivity index (χ0) is 12.8. The molecule has 0 bridgehead atoms. The van der Waals surface area contributed by atoms with Crippen molar-refractivity contribution in [3.05, 3.63) is 11.6 Å². The van der Waals surface area contributed by atoms with Crippen LogP contribution in [0.15, 0.2) is 11.6 Å². The lowest BCUT2D eigenvalue weighted by molar-refractivity contribution is -0.136. The van der Waals surface area contributed by atoms with Crippen LogP contribution in [0.25, 0.3) is 0 Å². The molecule has 2 rings (SSSR count). The molecule has 0 spiro atoms. The number of rotatable bonds is 0. The van der Waals surface area contributed by atoms with Crippen LogP contribution in [0.5, 0.6) is 0 Å². The van der Waals surface area contributed by atoms with Gasteiger partial charge in [-0.1, -0.05) is 26.8 Å². The van der Waals surface area contributed by atoms with E-state index in [2.05, 4.69) is 5.32 Å². The standard InChI is InChI=1S/C13H16N2O2/c1-12(2)9-4-10(16)15-7-13(9,3)5-8(6-14)11(12)17/h5,9H,4,7H2,1-3H3,(H,15,16)/t9-,13+/m0/s1. The lowest BCUT2D eigenvalue weighted by atomic mass is 9.55. The SMILES string of the molecule is CC1(C)C(=O)C(C#N)=C[C@]2(C)CNC(=O)C[C@@H]12. The number of nitrogens with zero attached hydrogens (tertiary/aromatic N) is 1. The number of amides is 1. The van der Waals surface area contributed by atoms with Crippen molar-refractivity contribution in [2.45, 2.75) is 27.2 Å². The predicted octanol–water partition coefficient (Wildman–Crippen LogP) is 1.19. The van der Waals surface area contributed by atoms with Crippen LogP contribution < -0.4 is 5.32 Å². The number of allylic oxidation sites excluding steroid dienone is 1. The Hall–Kier alpha value is -1.63. The van der Waals surface area contributed by atoms with Gasteiger partial charge in [0.2, 0.25) is 5.91 Å². The molecule has 90 valence electrons. The van der Waals surface area contributed by atoms with Crippen LogP contribution in [0.2, 0.25) is 0 Å². The summed E-state index contributed by atoms with van der Waals surface area (Å²) in [6, 6.07) is 1.98. The van der Waals surface area contributed by atoms with E-state index in [1.165, 1.54) is 0 Å². The maximum atomic E-state index is 12.2. The molecule has 0 unspecified atom stereocenters. The molecule has 1 amide bonds. The van der Waals surface area contributed by atoms with Gasteiger partial charge in [0.1, 0.15) is 6.07 Å². The molecule has 17 heavy (non-hydrogen) atoms. The minimum Gasteiger partial charge on any atom is -0.355 e. The highest BCUT2D eigenvalue weighted by molar-refractivity contribution is 6.04. The smallest absolute Gasteiger partial charge is 0.220 e. The summed E-state index contributed by atoms with van der Waals surface area (Å²) >= 11 is 0. The molecule has 0 aromatic rings. The molecule has 0 saturated carbocycles. The first-order chi connectivity index (χ1) is 7.81. The van der Waals surface area contributed by atoms with Crippen molar-refractivity contribution in [1.29, 1.82) is 5.26 Å². The molecule has 1 aliphatic carbocycles. The second-order valence-electron chi connectivity index (χ2n) is 5.76. The van der Waals surface area contributed by atoms with Crippen LogP contribution in [0, 0.1) is 28.1 Å².